The molecular weight excluding hydrogens is 296 g/mol. The summed E-state index contributed by atoms with van der Waals surface area (Å²) in [5, 5.41) is 3.54. The Bertz CT molecular complexity index is 459. The van der Waals surface area contributed by atoms with Crippen LogP contribution in [0.2, 0.25) is 0 Å². The van der Waals surface area contributed by atoms with E-state index in [0.29, 0.717) is 18.5 Å². The molecule has 0 bridgehead atoms. The first-order chi connectivity index (χ1) is 8.61. The third-order valence-corrected chi connectivity index (χ3v) is 3.75. The van der Waals surface area contributed by atoms with Gasteiger partial charge in [0.05, 0.1) is 0 Å². The van der Waals surface area contributed by atoms with Gasteiger partial charge >= 0.3 is 0 Å². The van der Waals surface area contributed by atoms with Crippen molar-refractivity contribution in [2.45, 2.75) is 17.8 Å². The number of amides is 2. The number of nitrogens with one attached hydrogen (secondary N) is 1. The third-order valence-electron chi connectivity index (χ3n) is 3.10. The molecule has 1 saturated heterocycles. The van der Waals surface area contributed by atoms with Crippen LogP contribution < -0.4 is 5.32 Å². The average molecular weight is 311 g/mol. The van der Waals surface area contributed by atoms with E-state index >= 15 is 0 Å². The van der Waals surface area contributed by atoms with Crippen molar-refractivity contribution < 1.29 is 9.59 Å². The first-order valence-electron chi connectivity index (χ1n) is 5.82. The highest BCUT2D eigenvalue weighted by molar-refractivity contribution is 9.08. The van der Waals surface area contributed by atoms with Crippen LogP contribution >= 0.6 is 15.9 Å². The fourth-order valence-corrected chi connectivity index (χ4v) is 2.32. The summed E-state index contributed by atoms with van der Waals surface area (Å²) in [6.07, 6.45) is 0.681. The highest BCUT2D eigenvalue weighted by atomic mass is 79.9. The van der Waals surface area contributed by atoms with Crippen LogP contribution in [-0.2, 0) is 10.1 Å². The molecule has 0 aliphatic carbocycles. The van der Waals surface area contributed by atoms with Crippen LogP contribution in [0.3, 0.4) is 0 Å². The fraction of sp³-hybridized carbons (Fsp3) is 0.385. The molecule has 1 heterocycles. The van der Waals surface area contributed by atoms with Gasteiger partial charge in [-0.2, -0.15) is 0 Å². The van der Waals surface area contributed by atoms with Gasteiger partial charge in [0, 0.05) is 24.5 Å². The average Bonchev–Trinajstić information content (AvgIpc) is 2.71. The standard InChI is InChI=1S/C13H15BrN2O2/c1-16-7-6-11(13(16)18)15-12(17)10-4-2-9(8-14)3-5-10/h2-5,11H,6-8H2,1H3,(H,15,17). The molecule has 2 amide bonds. The molecule has 1 N–H and O–H groups in total. The molecule has 0 saturated carbocycles. The number of benzene rings is 1. The molecule has 1 aliphatic rings. The second kappa shape index (κ2) is 5.52. The number of hydrogen-bond donors (Lipinski definition) is 1. The largest absolute Gasteiger partial charge is 0.344 e. The van der Waals surface area contributed by atoms with Crippen LogP contribution in [0, 0.1) is 0 Å². The van der Waals surface area contributed by atoms with Crippen molar-refractivity contribution >= 4 is 27.7 Å². The molecule has 96 valence electrons. The van der Waals surface area contributed by atoms with Crippen molar-refractivity contribution in [2.75, 3.05) is 13.6 Å². The third kappa shape index (κ3) is 2.72. The van der Waals surface area contributed by atoms with E-state index in [2.05, 4.69) is 21.2 Å². The molecule has 0 spiro atoms. The molecule has 5 heteroatoms. The highest BCUT2D eigenvalue weighted by Crippen LogP contribution is 2.11. The Kier molecular flexibility index (Phi) is 4.01. The summed E-state index contributed by atoms with van der Waals surface area (Å²) in [6, 6.07) is 6.96. The smallest absolute Gasteiger partial charge is 0.251 e. The Morgan fingerprint density at radius 1 is 1.44 bits per heavy atom. The lowest BCUT2D eigenvalue weighted by Crippen LogP contribution is -2.40. The molecular formula is C13H15BrN2O2. The molecule has 18 heavy (non-hydrogen) atoms. The summed E-state index contributed by atoms with van der Waals surface area (Å²) in [6.45, 7) is 0.701. The molecule has 0 radical (unpaired) electrons. The highest BCUT2D eigenvalue weighted by Gasteiger charge is 2.30. The Labute approximate surface area is 114 Å². The summed E-state index contributed by atoms with van der Waals surface area (Å²) in [4.78, 5) is 25.3. The van der Waals surface area contributed by atoms with Gasteiger partial charge in [-0.05, 0) is 24.1 Å². The fourth-order valence-electron chi connectivity index (χ4n) is 1.94. The van der Waals surface area contributed by atoms with E-state index in [4.69, 9.17) is 0 Å². The first-order valence-corrected chi connectivity index (χ1v) is 6.94. The van der Waals surface area contributed by atoms with Crippen molar-refractivity contribution in [3.63, 3.8) is 0 Å². The lowest BCUT2D eigenvalue weighted by molar-refractivity contribution is -0.128. The topological polar surface area (TPSA) is 49.4 Å². The van der Waals surface area contributed by atoms with Crippen LogP contribution in [0.1, 0.15) is 22.3 Å². The maximum absolute atomic E-state index is 12.0. The van der Waals surface area contributed by atoms with Gasteiger partial charge in [-0.15, -0.1) is 0 Å². The maximum Gasteiger partial charge on any atom is 0.251 e. The Balaban J connectivity index is 2.01. The van der Waals surface area contributed by atoms with Gasteiger partial charge in [0.2, 0.25) is 5.91 Å². The Morgan fingerprint density at radius 2 is 2.11 bits per heavy atom. The summed E-state index contributed by atoms with van der Waals surface area (Å²) >= 11 is 3.35. The number of rotatable bonds is 3. The minimum Gasteiger partial charge on any atom is -0.344 e. The summed E-state index contributed by atoms with van der Waals surface area (Å²) in [5.41, 5.74) is 1.70. The van der Waals surface area contributed by atoms with Gasteiger partial charge in [0.25, 0.3) is 5.91 Å². The number of alkyl halides is 1. The van der Waals surface area contributed by atoms with Crippen molar-refractivity contribution in [1.29, 1.82) is 0 Å². The van der Waals surface area contributed by atoms with Crippen LogP contribution in [0.15, 0.2) is 24.3 Å². The summed E-state index contributed by atoms with van der Waals surface area (Å²) < 4.78 is 0. The number of likely N-dealkylation sites (N-methyl/N-ethyl adjacent to an activating group) is 1. The van der Waals surface area contributed by atoms with E-state index < -0.39 is 0 Å². The van der Waals surface area contributed by atoms with Gasteiger partial charge < -0.3 is 10.2 Å². The van der Waals surface area contributed by atoms with Gasteiger partial charge in [0.1, 0.15) is 6.04 Å². The van der Waals surface area contributed by atoms with Crippen LogP contribution in [0.5, 0.6) is 0 Å². The van der Waals surface area contributed by atoms with E-state index in [1.54, 1.807) is 24.1 Å². The zero-order valence-corrected chi connectivity index (χ0v) is 11.7. The molecule has 2 rings (SSSR count). The van der Waals surface area contributed by atoms with E-state index in [1.807, 2.05) is 12.1 Å². The number of carbonyl (C=O) groups is 2. The van der Waals surface area contributed by atoms with Gasteiger partial charge in [-0.3, -0.25) is 9.59 Å². The normalized spacial score (nSPS) is 19.1. The maximum atomic E-state index is 12.0. The quantitative estimate of drug-likeness (QED) is 0.861. The van der Waals surface area contributed by atoms with Gasteiger partial charge in [0.15, 0.2) is 0 Å². The lowest BCUT2D eigenvalue weighted by atomic mass is 10.1. The number of halogens is 1. The molecule has 1 aliphatic heterocycles. The van der Waals surface area contributed by atoms with E-state index in [-0.39, 0.29) is 17.9 Å². The Hall–Kier alpha value is -1.36. The van der Waals surface area contributed by atoms with Crippen LogP contribution in [0.4, 0.5) is 0 Å². The second-order valence-electron chi connectivity index (χ2n) is 4.41. The molecule has 1 unspecified atom stereocenters. The minimum absolute atomic E-state index is 0.0135. The zero-order valence-electron chi connectivity index (χ0n) is 10.1. The van der Waals surface area contributed by atoms with Crippen molar-refractivity contribution in [1.82, 2.24) is 10.2 Å². The lowest BCUT2D eigenvalue weighted by Gasteiger charge is -2.12. The first kappa shape index (κ1) is 13.1. The van der Waals surface area contributed by atoms with Crippen LogP contribution in [0.25, 0.3) is 0 Å². The molecule has 4 nitrogen and oxygen atoms in total. The van der Waals surface area contributed by atoms with Gasteiger partial charge in [-0.25, -0.2) is 0 Å². The van der Waals surface area contributed by atoms with E-state index in [1.165, 1.54) is 0 Å². The molecule has 0 aromatic heterocycles. The van der Waals surface area contributed by atoms with Crippen molar-refractivity contribution in [3.05, 3.63) is 35.4 Å². The molecule has 1 fully saturated rings. The SMILES string of the molecule is CN1CCC(NC(=O)c2ccc(CBr)cc2)C1=O. The summed E-state index contributed by atoms with van der Waals surface area (Å²) in [5.74, 6) is -0.204. The number of carbonyl (C=O) groups excluding carboxylic acids is 2. The molecule has 1 atom stereocenters. The predicted molar refractivity (Wildman–Crippen MR) is 72.6 cm³/mol. The number of likely N-dealkylation sites (tertiary alicyclic amines) is 1. The van der Waals surface area contributed by atoms with E-state index in [9.17, 15) is 9.59 Å². The number of nitrogens with zero attached hydrogens (tertiary/aromatic N) is 1. The molecule has 1 aromatic rings. The minimum atomic E-state index is -0.377. The monoisotopic (exact) mass is 310 g/mol. The van der Waals surface area contributed by atoms with Gasteiger partial charge in [-0.1, -0.05) is 28.1 Å². The number of hydrogen-bond acceptors (Lipinski definition) is 2. The Morgan fingerprint density at radius 3 is 2.61 bits per heavy atom. The van der Waals surface area contributed by atoms with Crippen LogP contribution in [-0.4, -0.2) is 36.3 Å². The zero-order chi connectivity index (χ0) is 13.1. The summed E-state index contributed by atoms with van der Waals surface area (Å²) in [7, 11) is 1.75. The molecule has 1 aromatic carbocycles. The van der Waals surface area contributed by atoms with Crippen molar-refractivity contribution in [3.8, 4) is 0 Å². The van der Waals surface area contributed by atoms with Crippen molar-refractivity contribution in [2.24, 2.45) is 0 Å². The predicted octanol–water partition coefficient (Wildman–Crippen LogP) is 1.54. The van der Waals surface area contributed by atoms with E-state index in [0.717, 1.165) is 10.9 Å². The second-order valence-corrected chi connectivity index (χ2v) is 4.97.